The highest BCUT2D eigenvalue weighted by molar-refractivity contribution is 6.05. The van der Waals surface area contributed by atoms with Gasteiger partial charge in [0.15, 0.2) is 0 Å². The minimum Gasteiger partial charge on any atom is -0.462 e. The lowest BCUT2D eigenvalue weighted by Gasteiger charge is -2.18. The van der Waals surface area contributed by atoms with E-state index in [1.54, 1.807) is 32.3 Å². The molecule has 0 saturated carbocycles. The van der Waals surface area contributed by atoms with Gasteiger partial charge in [-0.05, 0) is 49.8 Å². The number of carbonyl (C=O) groups is 2. The first-order valence-electron chi connectivity index (χ1n) is 14.0. The molecule has 0 amide bonds. The Hall–Kier alpha value is -2.63. The van der Waals surface area contributed by atoms with E-state index in [0.29, 0.717) is 11.4 Å². The van der Waals surface area contributed by atoms with E-state index in [1.807, 2.05) is 6.07 Å². The first-order valence-corrected chi connectivity index (χ1v) is 14.0. The Bertz CT molecular complexity index is 935. The molecule has 36 heavy (non-hydrogen) atoms. The summed E-state index contributed by atoms with van der Waals surface area (Å²) in [6.07, 6.45) is 17.5. The number of hydrogen-bond donors (Lipinski definition) is 0. The number of aromatic nitrogens is 2. The second-order valence-corrected chi connectivity index (χ2v) is 9.56. The lowest BCUT2D eigenvalue weighted by molar-refractivity contribution is 0.0516. The van der Waals surface area contributed by atoms with Crippen LogP contribution in [0.25, 0.3) is 0 Å². The van der Waals surface area contributed by atoms with Crippen LogP contribution in [0.3, 0.4) is 0 Å². The number of carbonyl (C=O) groups excluding carboxylic acids is 2. The standard InChI is InChI=1S/C30H46N2O4/c1-5-8-10-12-14-16-18-24-20-21-26(29(33)35-7-3)28(25(24)19-17-15-13-11-9-6-2)30(34)36-27-22-23-31-32(27)4/h20-23H,5-19H2,1-4H3. The fourth-order valence-corrected chi connectivity index (χ4v) is 4.61. The summed E-state index contributed by atoms with van der Waals surface area (Å²) in [5, 5.41) is 4.09. The van der Waals surface area contributed by atoms with E-state index in [-0.39, 0.29) is 12.2 Å². The quantitative estimate of drug-likeness (QED) is 0.156. The normalized spacial score (nSPS) is 11.0. The van der Waals surface area contributed by atoms with Crippen molar-refractivity contribution < 1.29 is 19.1 Å². The molecule has 2 rings (SSSR count). The van der Waals surface area contributed by atoms with Gasteiger partial charge in [-0.1, -0.05) is 84.1 Å². The highest BCUT2D eigenvalue weighted by atomic mass is 16.5. The molecule has 0 bridgehead atoms. The molecule has 0 N–H and O–H groups in total. The van der Waals surface area contributed by atoms with Crippen molar-refractivity contribution >= 4 is 11.9 Å². The van der Waals surface area contributed by atoms with Gasteiger partial charge in [-0.15, -0.1) is 0 Å². The van der Waals surface area contributed by atoms with E-state index < -0.39 is 11.9 Å². The van der Waals surface area contributed by atoms with Crippen LogP contribution >= 0.6 is 0 Å². The summed E-state index contributed by atoms with van der Waals surface area (Å²) < 4.78 is 12.5. The third-order valence-corrected chi connectivity index (χ3v) is 6.66. The summed E-state index contributed by atoms with van der Waals surface area (Å²) in [6.45, 7) is 6.47. The third kappa shape index (κ3) is 9.44. The molecule has 0 aliphatic carbocycles. The molecular weight excluding hydrogens is 452 g/mol. The minimum atomic E-state index is -0.521. The molecule has 0 fully saturated rings. The fourth-order valence-electron chi connectivity index (χ4n) is 4.61. The smallest absolute Gasteiger partial charge is 0.346 e. The molecule has 6 heteroatoms. The van der Waals surface area contributed by atoms with Gasteiger partial charge in [0.25, 0.3) is 0 Å². The molecule has 1 heterocycles. The molecule has 0 saturated heterocycles. The van der Waals surface area contributed by atoms with Gasteiger partial charge in [0.2, 0.25) is 5.88 Å². The van der Waals surface area contributed by atoms with Gasteiger partial charge in [-0.3, -0.25) is 0 Å². The summed E-state index contributed by atoms with van der Waals surface area (Å²) >= 11 is 0. The van der Waals surface area contributed by atoms with Crippen LogP contribution in [0.15, 0.2) is 24.4 Å². The van der Waals surface area contributed by atoms with Crippen molar-refractivity contribution in [1.29, 1.82) is 0 Å². The van der Waals surface area contributed by atoms with Crippen LogP contribution in [0.2, 0.25) is 0 Å². The third-order valence-electron chi connectivity index (χ3n) is 6.66. The van der Waals surface area contributed by atoms with Crippen molar-refractivity contribution in [2.24, 2.45) is 7.05 Å². The number of unbranched alkanes of at least 4 members (excludes halogenated alkanes) is 10. The Kier molecular flexibility index (Phi) is 13.9. The monoisotopic (exact) mass is 498 g/mol. The van der Waals surface area contributed by atoms with Crippen molar-refractivity contribution in [2.75, 3.05) is 6.61 Å². The van der Waals surface area contributed by atoms with Crippen molar-refractivity contribution in [2.45, 2.75) is 111 Å². The Balaban J connectivity index is 2.33. The van der Waals surface area contributed by atoms with E-state index in [1.165, 1.54) is 62.5 Å². The van der Waals surface area contributed by atoms with Crippen LogP contribution in [0, 0.1) is 0 Å². The number of benzene rings is 1. The average molecular weight is 499 g/mol. The molecule has 2 aromatic rings. The SMILES string of the molecule is CCCCCCCCc1ccc(C(=O)OCC)c(C(=O)Oc2ccnn2C)c1CCCCCCCC. The zero-order valence-corrected chi connectivity index (χ0v) is 22.9. The maximum Gasteiger partial charge on any atom is 0.346 e. The zero-order valence-electron chi connectivity index (χ0n) is 22.9. The maximum atomic E-state index is 13.5. The summed E-state index contributed by atoms with van der Waals surface area (Å²) in [5.41, 5.74) is 2.73. The van der Waals surface area contributed by atoms with Crippen molar-refractivity contribution in [3.8, 4) is 5.88 Å². The molecule has 6 nitrogen and oxygen atoms in total. The lowest BCUT2D eigenvalue weighted by atomic mass is 9.89. The molecule has 0 aliphatic rings. The van der Waals surface area contributed by atoms with Gasteiger partial charge in [-0.2, -0.15) is 5.10 Å². The van der Waals surface area contributed by atoms with Crippen LogP contribution < -0.4 is 4.74 Å². The molecule has 1 aromatic heterocycles. The molecular formula is C30H46N2O4. The predicted octanol–water partition coefficient (Wildman–Crippen LogP) is 7.62. The van der Waals surface area contributed by atoms with Gasteiger partial charge < -0.3 is 9.47 Å². The molecule has 0 radical (unpaired) electrons. The van der Waals surface area contributed by atoms with Gasteiger partial charge in [0, 0.05) is 13.1 Å². The largest absolute Gasteiger partial charge is 0.462 e. The molecule has 0 atom stereocenters. The number of nitrogens with zero attached hydrogens (tertiary/aromatic N) is 2. The number of aryl methyl sites for hydroxylation is 2. The van der Waals surface area contributed by atoms with E-state index in [4.69, 9.17) is 9.47 Å². The summed E-state index contributed by atoms with van der Waals surface area (Å²) in [5.74, 6) is -0.654. The summed E-state index contributed by atoms with van der Waals surface area (Å²) in [4.78, 5) is 26.4. The predicted molar refractivity (Wildman–Crippen MR) is 145 cm³/mol. The zero-order chi connectivity index (χ0) is 26.2. The lowest BCUT2D eigenvalue weighted by Crippen LogP contribution is -2.20. The second kappa shape index (κ2) is 16.9. The highest BCUT2D eigenvalue weighted by Crippen LogP contribution is 2.27. The average Bonchev–Trinajstić information content (AvgIpc) is 3.27. The first-order chi connectivity index (χ1) is 17.5. The van der Waals surface area contributed by atoms with Crippen LogP contribution in [-0.2, 0) is 24.6 Å². The molecule has 200 valence electrons. The van der Waals surface area contributed by atoms with E-state index in [2.05, 4.69) is 18.9 Å². The van der Waals surface area contributed by atoms with Gasteiger partial charge in [0.05, 0.1) is 23.9 Å². The second-order valence-electron chi connectivity index (χ2n) is 9.56. The van der Waals surface area contributed by atoms with E-state index in [0.717, 1.165) is 43.2 Å². The van der Waals surface area contributed by atoms with Crippen LogP contribution in [0.1, 0.15) is 130 Å². The number of esters is 2. The fraction of sp³-hybridized carbons (Fsp3) is 0.633. The maximum absolute atomic E-state index is 13.5. The van der Waals surface area contributed by atoms with Crippen LogP contribution in [0.5, 0.6) is 5.88 Å². The van der Waals surface area contributed by atoms with Crippen molar-refractivity contribution in [1.82, 2.24) is 9.78 Å². The highest BCUT2D eigenvalue weighted by Gasteiger charge is 2.26. The number of ether oxygens (including phenoxy) is 2. The topological polar surface area (TPSA) is 70.4 Å². The van der Waals surface area contributed by atoms with Gasteiger partial charge >= 0.3 is 11.9 Å². The van der Waals surface area contributed by atoms with Gasteiger partial charge in [0.1, 0.15) is 0 Å². The molecule has 0 spiro atoms. The van der Waals surface area contributed by atoms with Crippen LogP contribution in [0.4, 0.5) is 0 Å². The molecule has 1 aromatic carbocycles. The van der Waals surface area contributed by atoms with Gasteiger partial charge in [-0.25, -0.2) is 14.3 Å². The first kappa shape index (κ1) is 29.6. The Morgan fingerprint density at radius 1 is 0.778 bits per heavy atom. The number of hydrogen-bond acceptors (Lipinski definition) is 5. The number of rotatable bonds is 18. The summed E-state index contributed by atoms with van der Waals surface area (Å²) in [6, 6.07) is 5.41. The van der Waals surface area contributed by atoms with Crippen molar-refractivity contribution in [3.05, 3.63) is 46.6 Å². The van der Waals surface area contributed by atoms with Crippen molar-refractivity contribution in [3.63, 3.8) is 0 Å². The Morgan fingerprint density at radius 2 is 1.39 bits per heavy atom. The van der Waals surface area contributed by atoms with E-state index >= 15 is 0 Å². The minimum absolute atomic E-state index is 0.251. The molecule has 0 aliphatic heterocycles. The summed E-state index contributed by atoms with van der Waals surface area (Å²) in [7, 11) is 1.72. The Morgan fingerprint density at radius 3 is 1.97 bits per heavy atom. The van der Waals surface area contributed by atoms with Crippen LogP contribution in [-0.4, -0.2) is 28.3 Å². The van der Waals surface area contributed by atoms with E-state index in [9.17, 15) is 9.59 Å². The molecule has 0 unspecified atom stereocenters. The Labute approximate surface area is 217 Å².